The topological polar surface area (TPSA) is 57.7 Å². The molecule has 1 unspecified atom stereocenters. The molecule has 0 amide bonds. The molecule has 6 heteroatoms. The largest absolute Gasteiger partial charge is 0.371 e. The van der Waals surface area contributed by atoms with Gasteiger partial charge in [0.2, 0.25) is 0 Å². The summed E-state index contributed by atoms with van der Waals surface area (Å²) in [5.41, 5.74) is 3.55. The van der Waals surface area contributed by atoms with Gasteiger partial charge in [-0.2, -0.15) is 10.4 Å². The SMILES string of the molecule is Cc1nc(-n2cc(C#N)cn2)cc(N2CCC(C)C2)c1-c1ccccc1F. The van der Waals surface area contributed by atoms with Crippen LogP contribution < -0.4 is 4.90 Å². The lowest BCUT2D eigenvalue weighted by Crippen LogP contribution is -2.21. The number of anilines is 1. The van der Waals surface area contributed by atoms with Gasteiger partial charge in [0.25, 0.3) is 0 Å². The van der Waals surface area contributed by atoms with Crippen LogP contribution in [-0.2, 0) is 0 Å². The van der Waals surface area contributed by atoms with Crippen LogP contribution in [0.5, 0.6) is 0 Å². The molecule has 0 aliphatic carbocycles. The van der Waals surface area contributed by atoms with Crippen LogP contribution in [0.3, 0.4) is 0 Å². The van der Waals surface area contributed by atoms with Gasteiger partial charge >= 0.3 is 0 Å². The summed E-state index contributed by atoms with van der Waals surface area (Å²) in [4.78, 5) is 6.95. The predicted molar refractivity (Wildman–Crippen MR) is 102 cm³/mol. The number of halogens is 1. The molecule has 2 aromatic heterocycles. The van der Waals surface area contributed by atoms with Crippen molar-refractivity contribution in [3.63, 3.8) is 0 Å². The van der Waals surface area contributed by atoms with Crippen molar-refractivity contribution in [1.29, 1.82) is 5.26 Å². The van der Waals surface area contributed by atoms with Crippen molar-refractivity contribution < 1.29 is 4.39 Å². The van der Waals surface area contributed by atoms with E-state index < -0.39 is 0 Å². The minimum atomic E-state index is -0.255. The highest BCUT2D eigenvalue weighted by Gasteiger charge is 2.25. The van der Waals surface area contributed by atoms with E-state index in [0.29, 0.717) is 22.9 Å². The third kappa shape index (κ3) is 3.17. The van der Waals surface area contributed by atoms with E-state index in [1.807, 2.05) is 19.1 Å². The molecule has 3 aromatic rings. The van der Waals surface area contributed by atoms with E-state index in [0.717, 1.165) is 36.5 Å². The first kappa shape index (κ1) is 17.2. The monoisotopic (exact) mass is 361 g/mol. The molecule has 0 bridgehead atoms. The molecule has 3 heterocycles. The average molecular weight is 361 g/mol. The van der Waals surface area contributed by atoms with Gasteiger partial charge in [0, 0.05) is 36.0 Å². The van der Waals surface area contributed by atoms with Crippen LogP contribution in [0.15, 0.2) is 42.7 Å². The number of hydrogen-bond acceptors (Lipinski definition) is 4. The Morgan fingerprint density at radius 2 is 2.11 bits per heavy atom. The second kappa shape index (κ2) is 6.84. The van der Waals surface area contributed by atoms with Crippen LogP contribution in [0.1, 0.15) is 24.6 Å². The molecule has 136 valence electrons. The number of rotatable bonds is 3. The van der Waals surface area contributed by atoms with Crippen LogP contribution in [0.2, 0.25) is 0 Å². The van der Waals surface area contributed by atoms with Crippen molar-refractivity contribution in [2.45, 2.75) is 20.3 Å². The molecule has 0 spiro atoms. The molecule has 5 nitrogen and oxygen atoms in total. The minimum Gasteiger partial charge on any atom is -0.371 e. The van der Waals surface area contributed by atoms with Crippen molar-refractivity contribution in [2.24, 2.45) is 5.92 Å². The summed E-state index contributed by atoms with van der Waals surface area (Å²) >= 11 is 0. The summed E-state index contributed by atoms with van der Waals surface area (Å²) in [6, 6.07) is 10.8. The Balaban J connectivity index is 1.90. The number of nitrogens with zero attached hydrogens (tertiary/aromatic N) is 5. The van der Waals surface area contributed by atoms with Crippen molar-refractivity contribution >= 4 is 5.69 Å². The van der Waals surface area contributed by atoms with Crippen molar-refractivity contribution in [3.05, 3.63) is 59.8 Å². The first-order chi connectivity index (χ1) is 13.1. The Hall–Kier alpha value is -3.20. The fourth-order valence-electron chi connectivity index (χ4n) is 3.66. The molecule has 1 saturated heterocycles. The fourth-order valence-corrected chi connectivity index (χ4v) is 3.66. The van der Waals surface area contributed by atoms with Gasteiger partial charge in [-0.3, -0.25) is 0 Å². The minimum absolute atomic E-state index is 0.255. The maximum Gasteiger partial charge on any atom is 0.155 e. The van der Waals surface area contributed by atoms with Gasteiger partial charge in [0.15, 0.2) is 5.82 Å². The lowest BCUT2D eigenvalue weighted by molar-refractivity contribution is 0.631. The summed E-state index contributed by atoms with van der Waals surface area (Å²) in [5, 5.41) is 13.3. The summed E-state index contributed by atoms with van der Waals surface area (Å²) in [7, 11) is 0. The summed E-state index contributed by atoms with van der Waals surface area (Å²) < 4.78 is 16.2. The second-order valence-electron chi connectivity index (χ2n) is 7.07. The predicted octanol–water partition coefficient (Wildman–Crippen LogP) is 4.10. The van der Waals surface area contributed by atoms with Crippen LogP contribution in [0, 0.1) is 30.0 Å². The van der Waals surface area contributed by atoms with Gasteiger partial charge in [-0.15, -0.1) is 0 Å². The van der Waals surface area contributed by atoms with Crippen molar-refractivity contribution in [3.8, 4) is 23.0 Å². The molecule has 1 aliphatic rings. The Bertz CT molecular complexity index is 1030. The normalized spacial score (nSPS) is 16.5. The third-order valence-electron chi connectivity index (χ3n) is 5.02. The molecule has 0 saturated carbocycles. The summed E-state index contributed by atoms with van der Waals surface area (Å²) in [6.45, 7) is 5.97. The highest BCUT2D eigenvalue weighted by atomic mass is 19.1. The smallest absolute Gasteiger partial charge is 0.155 e. The highest BCUT2D eigenvalue weighted by molar-refractivity contribution is 5.82. The van der Waals surface area contributed by atoms with Crippen LogP contribution in [0.25, 0.3) is 16.9 Å². The van der Waals surface area contributed by atoms with Gasteiger partial charge in [-0.25, -0.2) is 14.1 Å². The number of hydrogen-bond donors (Lipinski definition) is 0. The quantitative estimate of drug-likeness (QED) is 0.705. The van der Waals surface area contributed by atoms with E-state index in [1.165, 1.54) is 12.3 Å². The zero-order valence-electron chi connectivity index (χ0n) is 15.4. The molecule has 1 aliphatic heterocycles. The zero-order chi connectivity index (χ0) is 19.0. The Morgan fingerprint density at radius 3 is 2.78 bits per heavy atom. The summed E-state index contributed by atoms with van der Waals surface area (Å²) in [5.74, 6) is 0.962. The average Bonchev–Trinajstić information content (AvgIpc) is 3.31. The number of pyridine rings is 1. The van der Waals surface area contributed by atoms with Crippen molar-refractivity contribution in [1.82, 2.24) is 14.8 Å². The highest BCUT2D eigenvalue weighted by Crippen LogP contribution is 2.38. The van der Waals surface area contributed by atoms with Crippen LogP contribution in [-0.4, -0.2) is 27.9 Å². The van der Waals surface area contributed by atoms with E-state index in [-0.39, 0.29) is 5.82 Å². The van der Waals surface area contributed by atoms with E-state index in [1.54, 1.807) is 23.0 Å². The number of aromatic nitrogens is 3. The molecule has 1 atom stereocenters. The molecule has 1 fully saturated rings. The maximum absolute atomic E-state index is 14.6. The Kier molecular flexibility index (Phi) is 4.36. The Morgan fingerprint density at radius 1 is 1.30 bits per heavy atom. The molecular formula is C21H20FN5. The first-order valence-electron chi connectivity index (χ1n) is 9.03. The van der Waals surface area contributed by atoms with Gasteiger partial charge in [0.05, 0.1) is 23.6 Å². The lowest BCUT2D eigenvalue weighted by atomic mass is 10.0. The zero-order valence-corrected chi connectivity index (χ0v) is 15.4. The molecule has 1 aromatic carbocycles. The molecule has 27 heavy (non-hydrogen) atoms. The first-order valence-corrected chi connectivity index (χ1v) is 9.03. The molecular weight excluding hydrogens is 341 g/mol. The standard InChI is InChI=1S/C21H20FN5/c1-14-7-8-26(12-14)19-9-20(27-13-16(10-23)11-24-27)25-15(2)21(19)17-5-3-4-6-18(17)22/h3-6,9,11,13-14H,7-8,12H2,1-2H3. The number of benzene rings is 1. The van der Waals surface area contributed by atoms with Gasteiger partial charge < -0.3 is 4.90 Å². The molecule has 4 rings (SSSR count). The maximum atomic E-state index is 14.6. The van der Waals surface area contributed by atoms with E-state index in [9.17, 15) is 4.39 Å². The second-order valence-corrected chi connectivity index (χ2v) is 7.07. The number of nitriles is 1. The van der Waals surface area contributed by atoms with E-state index in [2.05, 4.69) is 28.0 Å². The van der Waals surface area contributed by atoms with E-state index in [4.69, 9.17) is 5.26 Å². The lowest BCUT2D eigenvalue weighted by Gasteiger charge is -2.24. The van der Waals surface area contributed by atoms with Gasteiger partial charge in [-0.05, 0) is 25.3 Å². The molecule has 0 N–H and O–H groups in total. The molecule has 0 radical (unpaired) electrons. The van der Waals surface area contributed by atoms with Crippen LogP contribution in [0.4, 0.5) is 10.1 Å². The van der Waals surface area contributed by atoms with Gasteiger partial charge in [0.1, 0.15) is 11.9 Å². The van der Waals surface area contributed by atoms with Crippen LogP contribution >= 0.6 is 0 Å². The fraction of sp³-hybridized carbons (Fsp3) is 0.286. The summed E-state index contributed by atoms with van der Waals surface area (Å²) in [6.07, 6.45) is 4.27. The van der Waals surface area contributed by atoms with Gasteiger partial charge in [-0.1, -0.05) is 25.1 Å². The Labute approximate surface area is 157 Å². The van der Waals surface area contributed by atoms with E-state index >= 15 is 0 Å². The number of aryl methyl sites for hydroxylation is 1. The third-order valence-corrected chi connectivity index (χ3v) is 5.02. The van der Waals surface area contributed by atoms with Crippen molar-refractivity contribution in [2.75, 3.05) is 18.0 Å².